The number of hydrogen-bond acceptors (Lipinski definition) is 8. The number of carbonyl (C=O) groups is 3. The van der Waals surface area contributed by atoms with Gasteiger partial charge in [0.05, 0.1) is 12.5 Å². The normalized spacial score (nSPS) is 12.6. The van der Waals surface area contributed by atoms with E-state index in [9.17, 15) is 19.5 Å². The molecule has 0 aliphatic heterocycles. The zero-order valence-electron chi connectivity index (χ0n) is 23.2. The average Bonchev–Trinajstić information content (AvgIpc) is 2.91. The fraction of sp³-hybridized carbons (Fsp3) is 0.483. The van der Waals surface area contributed by atoms with Crippen LogP contribution in [0.5, 0.6) is 0 Å². The van der Waals surface area contributed by atoms with E-state index in [-0.39, 0.29) is 32.0 Å². The number of aliphatic hydroxyl groups excluding tert-OH is 1. The minimum Gasteiger partial charge on any atom is -0.481 e. The first-order chi connectivity index (χ1) is 18.6. The van der Waals surface area contributed by atoms with Crippen molar-refractivity contribution in [3.8, 4) is 0 Å². The lowest BCUT2D eigenvalue weighted by molar-refractivity contribution is -0.146. The second-order valence-corrected chi connectivity index (χ2v) is 9.64. The highest BCUT2D eigenvalue weighted by molar-refractivity contribution is 5.85. The third kappa shape index (κ3) is 18.2. The van der Waals surface area contributed by atoms with Crippen LogP contribution >= 0.6 is 12.4 Å². The number of unbranched alkanes of at least 4 members (excludes halogenated alkanes) is 1. The number of carbonyl (C=O) groups excluding carboxylic acids is 2. The first-order valence-electron chi connectivity index (χ1n) is 13.1. The molecule has 0 fully saturated rings. The summed E-state index contributed by atoms with van der Waals surface area (Å²) >= 11 is 0. The molecule has 0 unspecified atom stereocenters. The van der Waals surface area contributed by atoms with Gasteiger partial charge in [0.2, 0.25) is 0 Å². The van der Waals surface area contributed by atoms with Crippen molar-refractivity contribution in [2.45, 2.75) is 77.4 Å². The minimum atomic E-state index is -1.01. The van der Waals surface area contributed by atoms with Gasteiger partial charge in [0.25, 0.3) is 0 Å². The van der Waals surface area contributed by atoms with Crippen LogP contribution in [0, 0.1) is 5.92 Å². The summed E-state index contributed by atoms with van der Waals surface area (Å²) in [5, 5.41) is 20.3. The van der Waals surface area contributed by atoms with Gasteiger partial charge in [-0.05, 0) is 42.7 Å². The number of ether oxygens (including phenoxy) is 2. The van der Waals surface area contributed by atoms with Crippen molar-refractivity contribution in [2.75, 3.05) is 6.54 Å². The molecule has 3 atom stereocenters. The summed E-state index contributed by atoms with van der Waals surface area (Å²) in [4.78, 5) is 33.7. The molecular weight excluding hydrogens is 538 g/mol. The van der Waals surface area contributed by atoms with E-state index in [1.807, 2.05) is 74.5 Å². The van der Waals surface area contributed by atoms with Gasteiger partial charge in [-0.1, -0.05) is 74.5 Å². The summed E-state index contributed by atoms with van der Waals surface area (Å²) < 4.78 is 10.3. The van der Waals surface area contributed by atoms with E-state index in [1.54, 1.807) is 0 Å². The summed E-state index contributed by atoms with van der Waals surface area (Å²) in [7, 11) is 0. The summed E-state index contributed by atoms with van der Waals surface area (Å²) in [6.45, 7) is 4.90. The smallest absolute Gasteiger partial charge is 0.407 e. The molecule has 2 rings (SSSR count). The van der Waals surface area contributed by atoms with E-state index in [0.717, 1.165) is 11.1 Å². The summed E-state index contributed by atoms with van der Waals surface area (Å²) in [5.74, 6) is -1.04. The quantitative estimate of drug-likeness (QED) is 0.155. The van der Waals surface area contributed by atoms with Crippen LogP contribution in [0.3, 0.4) is 0 Å². The number of rotatable bonds is 15. The van der Waals surface area contributed by atoms with Crippen LogP contribution in [0.15, 0.2) is 60.7 Å². The number of carboxylic acids is 1. The van der Waals surface area contributed by atoms with E-state index in [4.69, 9.17) is 26.0 Å². The van der Waals surface area contributed by atoms with Crippen LogP contribution < -0.4 is 16.8 Å². The van der Waals surface area contributed by atoms with Gasteiger partial charge in [0.15, 0.2) is 0 Å². The monoisotopic (exact) mass is 581 g/mol. The first-order valence-corrected chi connectivity index (χ1v) is 13.1. The molecule has 11 heteroatoms. The molecule has 2 aromatic carbocycles. The summed E-state index contributed by atoms with van der Waals surface area (Å²) in [6.07, 6.45) is 0.924. The Labute approximate surface area is 242 Å². The molecule has 0 aliphatic carbocycles. The Kier molecular flexibility index (Phi) is 19.9. The number of benzene rings is 2. The van der Waals surface area contributed by atoms with Crippen molar-refractivity contribution >= 4 is 30.4 Å². The number of esters is 1. The Hall–Kier alpha value is -3.18. The number of aliphatic hydroxyl groups is 1. The molecule has 1 amide bonds. The summed E-state index contributed by atoms with van der Waals surface area (Å²) in [5.41, 5.74) is 13.3. The van der Waals surface area contributed by atoms with E-state index in [2.05, 4.69) is 5.32 Å². The van der Waals surface area contributed by atoms with Crippen molar-refractivity contribution in [2.24, 2.45) is 17.4 Å². The van der Waals surface area contributed by atoms with Gasteiger partial charge in [-0.3, -0.25) is 9.59 Å². The summed E-state index contributed by atoms with van der Waals surface area (Å²) in [6, 6.07) is 17.9. The second kappa shape index (κ2) is 21.6. The highest BCUT2D eigenvalue weighted by Gasteiger charge is 2.18. The van der Waals surface area contributed by atoms with Gasteiger partial charge in [0.1, 0.15) is 19.3 Å². The SMILES string of the molecule is CC(C)C[C@H](N)[C@@H](O)CC(=O)O.Cl.N[C@@H](CCCCNC(=O)OCc1ccccc1)C(=O)OCc1ccccc1. The highest BCUT2D eigenvalue weighted by atomic mass is 35.5. The van der Waals surface area contributed by atoms with Crippen LogP contribution in [0.1, 0.15) is 57.1 Å². The van der Waals surface area contributed by atoms with Crippen LogP contribution in [0.2, 0.25) is 0 Å². The molecule has 0 aliphatic rings. The van der Waals surface area contributed by atoms with Crippen molar-refractivity contribution in [3.63, 3.8) is 0 Å². The number of nitrogens with two attached hydrogens (primary N) is 2. The second-order valence-electron chi connectivity index (χ2n) is 9.64. The molecule has 0 radical (unpaired) electrons. The highest BCUT2D eigenvalue weighted by Crippen LogP contribution is 2.08. The maximum absolute atomic E-state index is 11.9. The van der Waals surface area contributed by atoms with Crippen LogP contribution in [-0.2, 0) is 32.3 Å². The zero-order chi connectivity index (χ0) is 29.0. The standard InChI is InChI=1S/C21H26N2O4.C8H17NO3.ClH/c22-19(20(24)26-15-17-9-3-1-4-10-17)13-7-8-14-23-21(25)27-16-18-11-5-2-6-12-18;1-5(2)3-6(9)7(10)4-8(11)12;/h1-6,9-12,19H,7-8,13-16,22H2,(H,23,25);5-7,10H,3-4,9H2,1-2H3,(H,11,12);1H/t19-;6-,7-;/m00./s1. The van der Waals surface area contributed by atoms with E-state index in [1.165, 1.54) is 0 Å². The third-order valence-electron chi connectivity index (χ3n) is 5.57. The molecule has 0 bridgehead atoms. The molecule has 0 spiro atoms. The number of halogens is 1. The van der Waals surface area contributed by atoms with Gasteiger partial charge < -0.3 is 36.5 Å². The first kappa shape index (κ1) is 36.8. The Balaban J connectivity index is 0.000000993. The third-order valence-corrected chi connectivity index (χ3v) is 5.57. The molecular formula is C29H44ClN3O7. The van der Waals surface area contributed by atoms with E-state index < -0.39 is 36.2 Å². The van der Waals surface area contributed by atoms with Gasteiger partial charge in [-0.15, -0.1) is 12.4 Å². The average molecular weight is 582 g/mol. The van der Waals surface area contributed by atoms with Crippen molar-refractivity contribution < 1.29 is 34.1 Å². The molecule has 0 aromatic heterocycles. The number of carboxylic acid groups (broad SMARTS) is 1. The zero-order valence-corrected chi connectivity index (χ0v) is 24.1. The van der Waals surface area contributed by atoms with E-state index in [0.29, 0.717) is 38.1 Å². The lowest BCUT2D eigenvalue weighted by Crippen LogP contribution is -2.37. The number of alkyl carbamates (subject to hydrolysis) is 1. The van der Waals surface area contributed by atoms with Crippen molar-refractivity contribution in [1.29, 1.82) is 0 Å². The lowest BCUT2D eigenvalue weighted by atomic mass is 9.98. The van der Waals surface area contributed by atoms with Crippen molar-refractivity contribution in [1.82, 2.24) is 5.32 Å². The van der Waals surface area contributed by atoms with Crippen LogP contribution in [0.25, 0.3) is 0 Å². The van der Waals surface area contributed by atoms with E-state index >= 15 is 0 Å². The molecule has 40 heavy (non-hydrogen) atoms. The number of nitrogens with one attached hydrogen (secondary N) is 1. The minimum absolute atomic E-state index is 0. The fourth-order valence-electron chi connectivity index (χ4n) is 3.44. The Morgan fingerprint density at radius 2 is 1.40 bits per heavy atom. The van der Waals surface area contributed by atoms with Gasteiger partial charge in [-0.25, -0.2) is 4.79 Å². The Morgan fingerprint density at radius 3 is 1.90 bits per heavy atom. The number of amides is 1. The number of hydrogen-bond donors (Lipinski definition) is 5. The van der Waals surface area contributed by atoms with Gasteiger partial charge in [-0.2, -0.15) is 0 Å². The fourth-order valence-corrected chi connectivity index (χ4v) is 3.44. The lowest BCUT2D eigenvalue weighted by Gasteiger charge is -2.18. The molecule has 224 valence electrons. The molecule has 0 heterocycles. The van der Waals surface area contributed by atoms with Crippen LogP contribution in [0.4, 0.5) is 4.79 Å². The Morgan fingerprint density at radius 1 is 0.875 bits per heavy atom. The molecule has 2 aromatic rings. The van der Waals surface area contributed by atoms with Crippen molar-refractivity contribution in [3.05, 3.63) is 71.8 Å². The topological polar surface area (TPSA) is 174 Å². The largest absolute Gasteiger partial charge is 0.481 e. The predicted octanol–water partition coefficient (Wildman–Crippen LogP) is 3.77. The molecule has 7 N–H and O–H groups in total. The molecule has 0 saturated carbocycles. The van der Waals surface area contributed by atoms with Gasteiger partial charge >= 0.3 is 18.0 Å². The Bertz CT molecular complexity index is 965. The maximum atomic E-state index is 11.9. The van der Waals surface area contributed by atoms with Crippen LogP contribution in [-0.4, -0.2) is 53.0 Å². The van der Waals surface area contributed by atoms with Gasteiger partial charge in [0, 0.05) is 12.6 Å². The predicted molar refractivity (Wildman–Crippen MR) is 156 cm³/mol. The number of aliphatic carboxylic acids is 1. The maximum Gasteiger partial charge on any atom is 0.407 e. The molecule has 0 saturated heterocycles. The molecule has 10 nitrogen and oxygen atoms in total.